The average molecular weight is 262 g/mol. The fourth-order valence-electron chi connectivity index (χ4n) is 3.74. The Morgan fingerprint density at radius 3 is 2.68 bits per heavy atom. The van der Waals surface area contributed by atoms with Crippen molar-refractivity contribution >= 4 is 0 Å². The summed E-state index contributed by atoms with van der Waals surface area (Å²) in [4.78, 5) is 7.03. The maximum absolute atomic E-state index is 6.15. The van der Waals surface area contributed by atoms with Gasteiger partial charge >= 0.3 is 0 Å². The molecule has 0 spiro atoms. The van der Waals surface area contributed by atoms with E-state index in [0.717, 1.165) is 32.7 Å². The van der Waals surface area contributed by atoms with Crippen molar-refractivity contribution in [3.8, 4) is 0 Å². The number of imidazole rings is 1. The molecule has 1 saturated carbocycles. The van der Waals surface area contributed by atoms with Crippen molar-refractivity contribution in [2.45, 2.75) is 51.6 Å². The van der Waals surface area contributed by atoms with Gasteiger partial charge in [0.1, 0.15) is 5.82 Å². The Morgan fingerprint density at radius 1 is 1.16 bits per heavy atom. The molecule has 0 unspecified atom stereocenters. The third-order valence-electron chi connectivity index (χ3n) is 4.98. The number of nitrogens with two attached hydrogens (primary N) is 1. The van der Waals surface area contributed by atoms with E-state index >= 15 is 0 Å². The zero-order chi connectivity index (χ0) is 13.1. The van der Waals surface area contributed by atoms with E-state index < -0.39 is 0 Å². The van der Waals surface area contributed by atoms with Crippen molar-refractivity contribution in [3.05, 3.63) is 18.2 Å². The van der Waals surface area contributed by atoms with Gasteiger partial charge in [0, 0.05) is 32.0 Å². The molecule has 0 aromatic carbocycles. The van der Waals surface area contributed by atoms with Crippen LogP contribution < -0.4 is 5.73 Å². The van der Waals surface area contributed by atoms with Crippen LogP contribution in [0.3, 0.4) is 0 Å². The topological polar surface area (TPSA) is 47.1 Å². The molecule has 1 aliphatic carbocycles. The van der Waals surface area contributed by atoms with E-state index in [4.69, 9.17) is 5.73 Å². The highest BCUT2D eigenvalue weighted by atomic mass is 15.2. The summed E-state index contributed by atoms with van der Waals surface area (Å²) in [6.07, 6.45) is 12.2. The van der Waals surface area contributed by atoms with Gasteiger partial charge in [0.2, 0.25) is 0 Å². The van der Waals surface area contributed by atoms with E-state index in [1.807, 2.05) is 6.20 Å². The predicted molar refractivity (Wildman–Crippen MR) is 76.7 cm³/mol. The molecule has 1 aromatic rings. The van der Waals surface area contributed by atoms with Gasteiger partial charge in [0.25, 0.3) is 0 Å². The first-order valence-corrected chi connectivity index (χ1v) is 7.74. The van der Waals surface area contributed by atoms with E-state index in [-0.39, 0.29) is 0 Å². The fourth-order valence-corrected chi connectivity index (χ4v) is 3.74. The molecule has 2 heterocycles. The molecule has 2 N–H and O–H groups in total. The molecule has 106 valence electrons. The lowest BCUT2D eigenvalue weighted by atomic mass is 9.79. The van der Waals surface area contributed by atoms with Crippen molar-refractivity contribution in [3.63, 3.8) is 0 Å². The van der Waals surface area contributed by atoms with E-state index in [9.17, 15) is 0 Å². The molecule has 1 fully saturated rings. The molecular formula is C15H26N4. The van der Waals surface area contributed by atoms with Crippen molar-refractivity contribution in [1.82, 2.24) is 14.5 Å². The molecule has 2 aliphatic rings. The van der Waals surface area contributed by atoms with E-state index in [1.54, 1.807) is 0 Å². The van der Waals surface area contributed by atoms with Crippen molar-refractivity contribution in [2.24, 2.45) is 11.1 Å². The van der Waals surface area contributed by atoms with Gasteiger partial charge in [-0.2, -0.15) is 0 Å². The third kappa shape index (κ3) is 2.84. The molecule has 3 rings (SSSR count). The average Bonchev–Trinajstić information content (AvgIpc) is 2.77. The molecule has 19 heavy (non-hydrogen) atoms. The Morgan fingerprint density at radius 2 is 1.95 bits per heavy atom. The standard InChI is InChI=1S/C15H26N4/c16-12-15(5-3-1-2-4-6-15)13-18-9-10-19-8-7-17-14(19)11-18/h7-8H,1-6,9-13,16H2. The summed E-state index contributed by atoms with van der Waals surface area (Å²) < 4.78 is 2.28. The van der Waals surface area contributed by atoms with Crippen LogP contribution in [0.4, 0.5) is 0 Å². The van der Waals surface area contributed by atoms with Crippen molar-refractivity contribution < 1.29 is 0 Å². The monoisotopic (exact) mass is 262 g/mol. The molecule has 0 atom stereocenters. The van der Waals surface area contributed by atoms with Crippen LogP contribution in [0.15, 0.2) is 12.4 Å². The van der Waals surface area contributed by atoms with Crippen molar-refractivity contribution in [2.75, 3.05) is 19.6 Å². The second-order valence-corrected chi connectivity index (χ2v) is 6.37. The van der Waals surface area contributed by atoms with Crippen LogP contribution in [0.2, 0.25) is 0 Å². The number of fused-ring (bicyclic) bond motifs is 1. The number of hydrogen-bond donors (Lipinski definition) is 1. The Labute approximate surface area is 116 Å². The van der Waals surface area contributed by atoms with Gasteiger partial charge in [0.05, 0.1) is 6.54 Å². The second-order valence-electron chi connectivity index (χ2n) is 6.37. The van der Waals surface area contributed by atoms with E-state index in [0.29, 0.717) is 5.41 Å². The fraction of sp³-hybridized carbons (Fsp3) is 0.800. The molecule has 4 heteroatoms. The molecule has 1 aromatic heterocycles. The summed E-state index contributed by atoms with van der Waals surface area (Å²) in [6, 6.07) is 0. The van der Waals surface area contributed by atoms with Crippen LogP contribution >= 0.6 is 0 Å². The SMILES string of the molecule is NCC1(CN2CCn3ccnc3C2)CCCCCC1. The van der Waals surface area contributed by atoms with Gasteiger partial charge in [-0.1, -0.05) is 25.7 Å². The molecule has 0 bridgehead atoms. The largest absolute Gasteiger partial charge is 0.333 e. The minimum atomic E-state index is 0.366. The summed E-state index contributed by atoms with van der Waals surface area (Å²) >= 11 is 0. The Bertz CT molecular complexity index is 404. The van der Waals surface area contributed by atoms with Crippen LogP contribution in [0.1, 0.15) is 44.3 Å². The van der Waals surface area contributed by atoms with Gasteiger partial charge in [0.15, 0.2) is 0 Å². The summed E-state index contributed by atoms with van der Waals surface area (Å²) in [5, 5.41) is 0. The lowest BCUT2D eigenvalue weighted by Gasteiger charge is -2.38. The normalized spacial score (nSPS) is 23.8. The summed E-state index contributed by atoms with van der Waals surface area (Å²) in [5.74, 6) is 1.21. The van der Waals surface area contributed by atoms with E-state index in [1.165, 1.54) is 44.3 Å². The van der Waals surface area contributed by atoms with Gasteiger partial charge in [-0.3, -0.25) is 4.90 Å². The maximum atomic E-state index is 6.15. The van der Waals surface area contributed by atoms with Gasteiger partial charge in [-0.25, -0.2) is 4.98 Å². The number of hydrogen-bond acceptors (Lipinski definition) is 3. The highest BCUT2D eigenvalue weighted by Crippen LogP contribution is 2.35. The minimum Gasteiger partial charge on any atom is -0.333 e. The molecule has 0 saturated heterocycles. The van der Waals surface area contributed by atoms with Crippen LogP contribution in [0.5, 0.6) is 0 Å². The first-order valence-electron chi connectivity index (χ1n) is 7.74. The quantitative estimate of drug-likeness (QED) is 0.848. The van der Waals surface area contributed by atoms with Crippen LogP contribution in [-0.4, -0.2) is 34.1 Å². The highest BCUT2D eigenvalue weighted by molar-refractivity contribution is 4.97. The second kappa shape index (κ2) is 5.63. The lowest BCUT2D eigenvalue weighted by molar-refractivity contribution is 0.111. The molecule has 0 radical (unpaired) electrons. The Kier molecular flexibility index (Phi) is 3.89. The summed E-state index contributed by atoms with van der Waals surface area (Å²) in [5.41, 5.74) is 6.52. The van der Waals surface area contributed by atoms with Gasteiger partial charge < -0.3 is 10.3 Å². The van der Waals surface area contributed by atoms with Crippen LogP contribution in [0.25, 0.3) is 0 Å². The minimum absolute atomic E-state index is 0.366. The highest BCUT2D eigenvalue weighted by Gasteiger charge is 2.32. The number of aromatic nitrogens is 2. The van der Waals surface area contributed by atoms with Gasteiger partial charge in [-0.05, 0) is 24.8 Å². The Balaban J connectivity index is 1.66. The number of rotatable bonds is 3. The van der Waals surface area contributed by atoms with Gasteiger partial charge in [-0.15, -0.1) is 0 Å². The third-order valence-corrected chi connectivity index (χ3v) is 4.98. The predicted octanol–water partition coefficient (Wildman–Crippen LogP) is 2.00. The molecule has 4 nitrogen and oxygen atoms in total. The zero-order valence-electron chi connectivity index (χ0n) is 11.9. The summed E-state index contributed by atoms with van der Waals surface area (Å²) in [6.45, 7) is 5.23. The molecule has 1 aliphatic heterocycles. The molecular weight excluding hydrogens is 236 g/mol. The Hall–Kier alpha value is -0.870. The number of nitrogens with zero attached hydrogens (tertiary/aromatic N) is 3. The smallest absolute Gasteiger partial charge is 0.122 e. The zero-order valence-corrected chi connectivity index (χ0v) is 11.9. The first kappa shape index (κ1) is 13.1. The van der Waals surface area contributed by atoms with Crippen LogP contribution in [-0.2, 0) is 13.1 Å². The summed E-state index contributed by atoms with van der Waals surface area (Å²) in [7, 11) is 0. The van der Waals surface area contributed by atoms with Crippen molar-refractivity contribution in [1.29, 1.82) is 0 Å². The first-order chi connectivity index (χ1) is 9.31. The maximum Gasteiger partial charge on any atom is 0.122 e. The lowest BCUT2D eigenvalue weighted by Crippen LogP contribution is -2.45. The molecule has 0 amide bonds. The van der Waals surface area contributed by atoms with E-state index in [2.05, 4.69) is 20.6 Å². The van der Waals surface area contributed by atoms with Crippen LogP contribution in [0, 0.1) is 5.41 Å².